The standard InChI is InChI=1S/C15H21BrN2O3S/c1-12-4-3-9-17(10-12)15(19)11-18(22(2,20)21)14-7-5-13(16)6-8-14/h5-8,12H,3-4,9-11H2,1-2H3/t12-/m0/s1. The molecule has 2 rings (SSSR count). The molecule has 22 heavy (non-hydrogen) atoms. The van der Waals surface area contributed by atoms with Crippen molar-refractivity contribution in [2.75, 3.05) is 30.2 Å². The van der Waals surface area contributed by atoms with Crippen LogP contribution in [0.5, 0.6) is 0 Å². The monoisotopic (exact) mass is 388 g/mol. The maximum Gasteiger partial charge on any atom is 0.243 e. The van der Waals surface area contributed by atoms with Crippen LogP contribution in [0.25, 0.3) is 0 Å². The molecule has 0 bridgehead atoms. The maximum absolute atomic E-state index is 12.5. The molecule has 1 saturated heterocycles. The number of nitrogens with zero attached hydrogens (tertiary/aromatic N) is 2. The Labute approximate surface area is 140 Å². The van der Waals surface area contributed by atoms with Crippen molar-refractivity contribution >= 4 is 37.5 Å². The highest BCUT2D eigenvalue weighted by molar-refractivity contribution is 9.10. The minimum Gasteiger partial charge on any atom is -0.341 e. The molecule has 1 fully saturated rings. The number of sulfonamides is 1. The van der Waals surface area contributed by atoms with Crippen LogP contribution in [0.15, 0.2) is 28.7 Å². The van der Waals surface area contributed by atoms with Crippen molar-refractivity contribution in [3.05, 3.63) is 28.7 Å². The Hall–Kier alpha value is -1.08. The molecule has 1 aromatic rings. The molecule has 122 valence electrons. The number of hydrogen-bond acceptors (Lipinski definition) is 3. The molecule has 1 atom stereocenters. The Balaban J connectivity index is 2.17. The first-order valence-corrected chi connectivity index (χ1v) is 9.92. The van der Waals surface area contributed by atoms with Gasteiger partial charge >= 0.3 is 0 Å². The average molecular weight is 389 g/mol. The quantitative estimate of drug-likeness (QED) is 0.795. The highest BCUT2D eigenvalue weighted by atomic mass is 79.9. The zero-order valence-corrected chi connectivity index (χ0v) is 15.2. The molecular weight excluding hydrogens is 368 g/mol. The van der Waals surface area contributed by atoms with Crippen LogP contribution in [0.1, 0.15) is 19.8 Å². The summed E-state index contributed by atoms with van der Waals surface area (Å²) < 4.78 is 26.1. The lowest BCUT2D eigenvalue weighted by atomic mass is 10.0. The van der Waals surface area contributed by atoms with E-state index in [4.69, 9.17) is 0 Å². The zero-order chi connectivity index (χ0) is 16.3. The summed E-state index contributed by atoms with van der Waals surface area (Å²) in [7, 11) is -3.51. The first-order valence-electron chi connectivity index (χ1n) is 7.28. The number of carbonyl (C=O) groups is 1. The number of anilines is 1. The van der Waals surface area contributed by atoms with Crippen molar-refractivity contribution in [3.63, 3.8) is 0 Å². The van der Waals surface area contributed by atoms with E-state index in [1.165, 1.54) is 4.31 Å². The van der Waals surface area contributed by atoms with E-state index >= 15 is 0 Å². The van der Waals surface area contributed by atoms with E-state index in [2.05, 4.69) is 22.9 Å². The normalized spacial score (nSPS) is 19.0. The molecule has 0 N–H and O–H groups in total. The summed E-state index contributed by atoms with van der Waals surface area (Å²) >= 11 is 3.32. The van der Waals surface area contributed by atoms with Crippen molar-refractivity contribution in [2.45, 2.75) is 19.8 Å². The van der Waals surface area contributed by atoms with E-state index in [1.54, 1.807) is 29.2 Å². The molecule has 0 unspecified atom stereocenters. The molecule has 7 heteroatoms. The Bertz CT molecular complexity index is 631. The maximum atomic E-state index is 12.5. The van der Waals surface area contributed by atoms with Crippen LogP contribution in [-0.4, -0.2) is 45.1 Å². The number of piperidine rings is 1. The van der Waals surface area contributed by atoms with Crippen LogP contribution in [0.3, 0.4) is 0 Å². The van der Waals surface area contributed by atoms with E-state index in [-0.39, 0.29) is 12.5 Å². The van der Waals surface area contributed by atoms with Gasteiger partial charge in [-0.05, 0) is 43.0 Å². The first kappa shape index (κ1) is 17.3. The third-order valence-corrected chi connectivity index (χ3v) is 5.47. The highest BCUT2D eigenvalue weighted by Gasteiger charge is 2.26. The van der Waals surface area contributed by atoms with Crippen LogP contribution in [0.4, 0.5) is 5.69 Å². The lowest BCUT2D eigenvalue weighted by Gasteiger charge is -2.33. The van der Waals surface area contributed by atoms with Gasteiger partial charge in [-0.3, -0.25) is 9.10 Å². The van der Waals surface area contributed by atoms with Crippen LogP contribution in [0.2, 0.25) is 0 Å². The van der Waals surface area contributed by atoms with Crippen molar-refractivity contribution < 1.29 is 13.2 Å². The van der Waals surface area contributed by atoms with Gasteiger partial charge in [0.15, 0.2) is 0 Å². The number of hydrogen-bond donors (Lipinski definition) is 0. The minimum atomic E-state index is -3.51. The summed E-state index contributed by atoms with van der Waals surface area (Å²) in [6, 6.07) is 6.91. The largest absolute Gasteiger partial charge is 0.341 e. The summed E-state index contributed by atoms with van der Waals surface area (Å²) in [5, 5.41) is 0. The number of carbonyl (C=O) groups excluding carboxylic acids is 1. The predicted molar refractivity (Wildman–Crippen MR) is 91.3 cm³/mol. The lowest BCUT2D eigenvalue weighted by molar-refractivity contribution is -0.131. The van der Waals surface area contributed by atoms with E-state index in [0.717, 1.165) is 23.6 Å². The third-order valence-electron chi connectivity index (χ3n) is 3.80. The lowest BCUT2D eigenvalue weighted by Crippen LogP contribution is -2.46. The Kier molecular flexibility index (Phi) is 5.50. The van der Waals surface area contributed by atoms with Gasteiger partial charge in [-0.25, -0.2) is 8.42 Å². The number of rotatable bonds is 4. The van der Waals surface area contributed by atoms with E-state index in [0.29, 0.717) is 24.7 Å². The highest BCUT2D eigenvalue weighted by Crippen LogP contribution is 2.22. The van der Waals surface area contributed by atoms with Gasteiger partial charge in [-0.2, -0.15) is 0 Å². The van der Waals surface area contributed by atoms with Crippen LogP contribution < -0.4 is 4.31 Å². The second-order valence-electron chi connectivity index (χ2n) is 5.83. The van der Waals surface area contributed by atoms with Crippen molar-refractivity contribution in [1.29, 1.82) is 0 Å². The molecule has 1 aliphatic rings. The molecule has 1 heterocycles. The zero-order valence-electron chi connectivity index (χ0n) is 12.8. The molecule has 0 saturated carbocycles. The van der Waals surface area contributed by atoms with Gasteiger partial charge in [-0.15, -0.1) is 0 Å². The van der Waals surface area contributed by atoms with Crippen molar-refractivity contribution in [3.8, 4) is 0 Å². The molecule has 1 aliphatic heterocycles. The number of likely N-dealkylation sites (tertiary alicyclic amines) is 1. The number of benzene rings is 1. The van der Waals surface area contributed by atoms with E-state index < -0.39 is 10.0 Å². The summed E-state index contributed by atoms with van der Waals surface area (Å²) in [5.41, 5.74) is 0.504. The van der Waals surface area contributed by atoms with Crippen LogP contribution in [0, 0.1) is 5.92 Å². The van der Waals surface area contributed by atoms with Gasteiger partial charge in [-0.1, -0.05) is 22.9 Å². The van der Waals surface area contributed by atoms with Crippen LogP contribution in [-0.2, 0) is 14.8 Å². The van der Waals surface area contributed by atoms with Gasteiger partial charge < -0.3 is 4.90 Å². The first-order chi connectivity index (χ1) is 10.3. The summed E-state index contributed by atoms with van der Waals surface area (Å²) in [4.78, 5) is 14.2. The Morgan fingerprint density at radius 3 is 2.55 bits per heavy atom. The van der Waals surface area contributed by atoms with E-state index in [9.17, 15) is 13.2 Å². The third kappa shape index (κ3) is 4.46. The van der Waals surface area contributed by atoms with Gasteiger partial charge in [0, 0.05) is 17.6 Å². The summed E-state index contributed by atoms with van der Waals surface area (Å²) in [6.45, 7) is 3.38. The van der Waals surface area contributed by atoms with Gasteiger partial charge in [0.2, 0.25) is 15.9 Å². The molecule has 0 radical (unpaired) electrons. The smallest absolute Gasteiger partial charge is 0.243 e. The summed E-state index contributed by atoms with van der Waals surface area (Å²) in [6.07, 6.45) is 3.22. The SMILES string of the molecule is C[C@H]1CCCN(C(=O)CN(c2ccc(Br)cc2)S(C)(=O)=O)C1. The Morgan fingerprint density at radius 2 is 2.00 bits per heavy atom. The molecule has 5 nitrogen and oxygen atoms in total. The average Bonchev–Trinajstić information content (AvgIpc) is 2.44. The fraction of sp³-hybridized carbons (Fsp3) is 0.533. The minimum absolute atomic E-state index is 0.139. The van der Waals surface area contributed by atoms with Crippen molar-refractivity contribution in [2.24, 2.45) is 5.92 Å². The molecule has 0 spiro atoms. The van der Waals surface area contributed by atoms with Gasteiger partial charge in [0.1, 0.15) is 6.54 Å². The fourth-order valence-electron chi connectivity index (χ4n) is 2.65. The number of amides is 1. The second-order valence-corrected chi connectivity index (χ2v) is 8.66. The molecule has 1 amide bonds. The topological polar surface area (TPSA) is 57.7 Å². The summed E-state index contributed by atoms with van der Waals surface area (Å²) in [5.74, 6) is 0.331. The van der Waals surface area contributed by atoms with Gasteiger partial charge in [0.25, 0.3) is 0 Å². The van der Waals surface area contributed by atoms with Crippen LogP contribution >= 0.6 is 15.9 Å². The Morgan fingerprint density at radius 1 is 1.36 bits per heavy atom. The fourth-order valence-corrected chi connectivity index (χ4v) is 3.76. The molecule has 0 aromatic heterocycles. The molecule has 0 aliphatic carbocycles. The predicted octanol–water partition coefficient (Wildman–Crippen LogP) is 2.47. The van der Waals surface area contributed by atoms with Crippen molar-refractivity contribution in [1.82, 2.24) is 4.90 Å². The molecule has 1 aromatic carbocycles. The molecular formula is C15H21BrN2O3S. The number of halogens is 1. The second kappa shape index (κ2) is 7.00. The van der Waals surface area contributed by atoms with E-state index in [1.807, 2.05) is 0 Å². The van der Waals surface area contributed by atoms with Gasteiger partial charge in [0.05, 0.1) is 11.9 Å².